The molecule has 0 unspecified atom stereocenters. The van der Waals surface area contributed by atoms with Gasteiger partial charge in [0.15, 0.2) is 11.5 Å². The van der Waals surface area contributed by atoms with E-state index < -0.39 is 0 Å². The summed E-state index contributed by atoms with van der Waals surface area (Å²) in [4.78, 5) is 12.3. The number of hydrogen-bond acceptors (Lipinski definition) is 5. The third kappa shape index (κ3) is 5.08. The van der Waals surface area contributed by atoms with Crippen LogP contribution in [0.2, 0.25) is 0 Å². The molecule has 1 heterocycles. The maximum Gasteiger partial charge on any atom is 0.248 e. The van der Waals surface area contributed by atoms with Crippen LogP contribution in [-0.4, -0.2) is 18.2 Å². The summed E-state index contributed by atoms with van der Waals surface area (Å²) in [5, 5.41) is 6.84. The van der Waals surface area contributed by atoms with E-state index in [9.17, 15) is 4.79 Å². The number of nitrogens with zero attached hydrogens (tertiary/aromatic N) is 1. The van der Waals surface area contributed by atoms with Crippen molar-refractivity contribution in [2.75, 3.05) is 12.4 Å². The lowest BCUT2D eigenvalue weighted by atomic mass is 10.1. The molecule has 0 saturated carbocycles. The highest BCUT2D eigenvalue weighted by Crippen LogP contribution is 2.30. The molecule has 0 spiro atoms. The predicted octanol–water partition coefficient (Wildman–Crippen LogP) is 5.15. The number of aromatic nitrogens is 1. The van der Waals surface area contributed by atoms with Crippen molar-refractivity contribution in [3.63, 3.8) is 0 Å². The molecule has 0 fully saturated rings. The van der Waals surface area contributed by atoms with Crippen LogP contribution in [0.25, 0.3) is 6.08 Å². The zero-order valence-corrected chi connectivity index (χ0v) is 17.9. The molecule has 2 aromatic carbocycles. The summed E-state index contributed by atoms with van der Waals surface area (Å²) in [7, 11) is 1.58. The van der Waals surface area contributed by atoms with Crippen LogP contribution in [0.3, 0.4) is 0 Å². The van der Waals surface area contributed by atoms with Crippen LogP contribution < -0.4 is 14.8 Å². The summed E-state index contributed by atoms with van der Waals surface area (Å²) in [6, 6.07) is 11.5. The standard InChI is InChI=1S/C24H26N2O4/c1-15-6-7-16(2)21(12-15)25-24(27)11-9-19-8-10-22(23(13-19)28-5)29-14-20-17(3)26-30-18(20)4/h6-13H,14H2,1-5H3,(H,25,27). The summed E-state index contributed by atoms with van der Waals surface area (Å²) in [5.74, 6) is 1.73. The summed E-state index contributed by atoms with van der Waals surface area (Å²) >= 11 is 0. The van der Waals surface area contributed by atoms with E-state index in [0.717, 1.165) is 39.4 Å². The van der Waals surface area contributed by atoms with Gasteiger partial charge in [-0.15, -0.1) is 0 Å². The molecule has 0 atom stereocenters. The van der Waals surface area contributed by atoms with E-state index in [-0.39, 0.29) is 5.91 Å². The lowest BCUT2D eigenvalue weighted by Crippen LogP contribution is -2.09. The molecule has 1 aromatic heterocycles. The summed E-state index contributed by atoms with van der Waals surface area (Å²) in [6.07, 6.45) is 3.24. The average Bonchev–Trinajstić information content (AvgIpc) is 3.05. The number of nitrogens with one attached hydrogen (secondary N) is 1. The number of benzene rings is 2. The van der Waals surface area contributed by atoms with Gasteiger partial charge in [0.25, 0.3) is 0 Å². The van der Waals surface area contributed by atoms with Gasteiger partial charge >= 0.3 is 0 Å². The average molecular weight is 406 g/mol. The van der Waals surface area contributed by atoms with Gasteiger partial charge in [0, 0.05) is 11.8 Å². The number of hydrogen-bond donors (Lipinski definition) is 1. The van der Waals surface area contributed by atoms with E-state index in [1.165, 1.54) is 6.08 Å². The van der Waals surface area contributed by atoms with E-state index in [1.807, 2.05) is 64.1 Å². The summed E-state index contributed by atoms with van der Waals surface area (Å²) in [6.45, 7) is 8.03. The van der Waals surface area contributed by atoms with Crippen molar-refractivity contribution in [3.05, 3.63) is 76.2 Å². The van der Waals surface area contributed by atoms with Crippen LogP contribution in [0.15, 0.2) is 47.0 Å². The fourth-order valence-electron chi connectivity index (χ4n) is 2.98. The lowest BCUT2D eigenvalue weighted by molar-refractivity contribution is -0.111. The molecule has 156 valence electrons. The zero-order chi connectivity index (χ0) is 21.7. The highest BCUT2D eigenvalue weighted by atomic mass is 16.5. The smallest absolute Gasteiger partial charge is 0.248 e. The van der Waals surface area contributed by atoms with E-state index in [0.29, 0.717) is 18.1 Å². The van der Waals surface area contributed by atoms with E-state index >= 15 is 0 Å². The second kappa shape index (κ2) is 9.31. The molecule has 3 aromatic rings. The van der Waals surface area contributed by atoms with Crippen molar-refractivity contribution in [1.29, 1.82) is 0 Å². The molecular formula is C24H26N2O4. The molecule has 1 amide bonds. The van der Waals surface area contributed by atoms with Gasteiger partial charge in [-0.25, -0.2) is 0 Å². The minimum absolute atomic E-state index is 0.193. The highest BCUT2D eigenvalue weighted by Gasteiger charge is 2.12. The van der Waals surface area contributed by atoms with Crippen molar-refractivity contribution < 1.29 is 18.8 Å². The molecule has 0 aliphatic rings. The SMILES string of the molecule is COc1cc(C=CC(=O)Nc2cc(C)ccc2C)ccc1OCc1c(C)noc1C. The van der Waals surface area contributed by atoms with Gasteiger partial charge in [0.2, 0.25) is 5.91 Å². The topological polar surface area (TPSA) is 73.6 Å². The first-order valence-corrected chi connectivity index (χ1v) is 9.66. The number of anilines is 1. The number of amides is 1. The molecule has 0 bridgehead atoms. The lowest BCUT2D eigenvalue weighted by Gasteiger charge is -2.11. The van der Waals surface area contributed by atoms with Crippen LogP contribution in [0.4, 0.5) is 5.69 Å². The monoisotopic (exact) mass is 406 g/mol. The van der Waals surface area contributed by atoms with Crippen molar-refractivity contribution >= 4 is 17.7 Å². The van der Waals surface area contributed by atoms with Gasteiger partial charge in [-0.1, -0.05) is 23.4 Å². The molecule has 0 radical (unpaired) electrons. The fourth-order valence-corrected chi connectivity index (χ4v) is 2.98. The minimum Gasteiger partial charge on any atom is -0.493 e. The molecule has 6 nitrogen and oxygen atoms in total. The Hall–Kier alpha value is -3.54. The number of methoxy groups -OCH3 is 1. The Bertz CT molecular complexity index is 1060. The Balaban J connectivity index is 1.68. The zero-order valence-electron chi connectivity index (χ0n) is 17.9. The van der Waals surface area contributed by atoms with Crippen LogP contribution in [0, 0.1) is 27.7 Å². The first-order chi connectivity index (χ1) is 14.4. The second-order valence-corrected chi connectivity index (χ2v) is 7.14. The third-order valence-corrected chi connectivity index (χ3v) is 4.82. The maximum absolute atomic E-state index is 12.3. The molecular weight excluding hydrogens is 380 g/mol. The molecule has 3 rings (SSSR count). The molecule has 0 aliphatic carbocycles. The third-order valence-electron chi connectivity index (χ3n) is 4.82. The first-order valence-electron chi connectivity index (χ1n) is 9.66. The van der Waals surface area contributed by atoms with Gasteiger partial charge < -0.3 is 19.3 Å². The van der Waals surface area contributed by atoms with Gasteiger partial charge in [0.1, 0.15) is 12.4 Å². The summed E-state index contributed by atoms with van der Waals surface area (Å²) in [5.41, 5.74) is 5.48. The van der Waals surface area contributed by atoms with Crippen LogP contribution in [-0.2, 0) is 11.4 Å². The van der Waals surface area contributed by atoms with E-state index in [2.05, 4.69) is 10.5 Å². The molecule has 1 N–H and O–H groups in total. The van der Waals surface area contributed by atoms with Crippen LogP contribution in [0.1, 0.15) is 33.7 Å². The number of rotatable bonds is 7. The fraction of sp³-hybridized carbons (Fsp3) is 0.250. The van der Waals surface area contributed by atoms with Crippen molar-refractivity contribution in [3.8, 4) is 11.5 Å². The number of carbonyl (C=O) groups is 1. The first kappa shape index (κ1) is 21.2. The molecule has 0 aliphatic heterocycles. The Morgan fingerprint density at radius 2 is 1.90 bits per heavy atom. The predicted molar refractivity (Wildman–Crippen MR) is 117 cm³/mol. The van der Waals surface area contributed by atoms with E-state index in [4.69, 9.17) is 14.0 Å². The number of carbonyl (C=O) groups excluding carboxylic acids is 1. The van der Waals surface area contributed by atoms with Crippen molar-refractivity contribution in [1.82, 2.24) is 5.16 Å². The summed E-state index contributed by atoms with van der Waals surface area (Å²) < 4.78 is 16.5. The number of ether oxygens (including phenoxy) is 2. The second-order valence-electron chi connectivity index (χ2n) is 7.14. The molecule has 0 saturated heterocycles. The Morgan fingerprint density at radius 1 is 1.10 bits per heavy atom. The Morgan fingerprint density at radius 3 is 2.60 bits per heavy atom. The minimum atomic E-state index is -0.193. The number of aryl methyl sites for hydroxylation is 4. The van der Waals surface area contributed by atoms with Crippen LogP contribution >= 0.6 is 0 Å². The normalized spacial score (nSPS) is 11.0. The highest BCUT2D eigenvalue weighted by molar-refractivity contribution is 6.02. The van der Waals surface area contributed by atoms with Gasteiger partial charge in [-0.2, -0.15) is 0 Å². The Labute approximate surface area is 176 Å². The molecule has 6 heteroatoms. The van der Waals surface area contributed by atoms with E-state index in [1.54, 1.807) is 13.2 Å². The van der Waals surface area contributed by atoms with Crippen molar-refractivity contribution in [2.45, 2.75) is 34.3 Å². The molecule has 30 heavy (non-hydrogen) atoms. The Kier molecular flexibility index (Phi) is 6.57. The van der Waals surface area contributed by atoms with Crippen molar-refractivity contribution in [2.24, 2.45) is 0 Å². The maximum atomic E-state index is 12.3. The van der Waals surface area contributed by atoms with Gasteiger partial charge in [0.05, 0.1) is 18.4 Å². The van der Waals surface area contributed by atoms with Gasteiger partial charge in [-0.05, 0) is 68.7 Å². The van der Waals surface area contributed by atoms with Gasteiger partial charge in [-0.3, -0.25) is 4.79 Å². The largest absolute Gasteiger partial charge is 0.493 e. The quantitative estimate of drug-likeness (QED) is 0.550. The van der Waals surface area contributed by atoms with Crippen LogP contribution in [0.5, 0.6) is 11.5 Å².